The molecular weight excluding hydrogens is 280 g/mol. The fourth-order valence-corrected chi connectivity index (χ4v) is 1.38. The number of hydrogen-bond donors (Lipinski definition) is 3. The molecule has 0 aliphatic carbocycles. The zero-order valence-electron chi connectivity index (χ0n) is 11.0. The number of benzene rings is 1. The molecule has 1 aromatic carbocycles. The molecule has 106 valence electrons. The van der Waals surface area contributed by atoms with Crippen LogP contribution in [0.15, 0.2) is 23.3 Å². The molecule has 0 aromatic heterocycles. The SMILES string of the molecule is CC(=O)Nc1ccc(C=NNC(N)=S)c(OC(C)=O)c1. The third-order valence-electron chi connectivity index (χ3n) is 1.97. The summed E-state index contributed by atoms with van der Waals surface area (Å²) in [6.45, 7) is 2.66. The summed E-state index contributed by atoms with van der Waals surface area (Å²) in [4.78, 5) is 22.1. The van der Waals surface area contributed by atoms with Crippen LogP contribution in [0.4, 0.5) is 5.69 Å². The minimum absolute atomic E-state index is 0.0187. The lowest BCUT2D eigenvalue weighted by molar-refractivity contribution is -0.131. The molecule has 0 aliphatic rings. The molecule has 20 heavy (non-hydrogen) atoms. The quantitative estimate of drug-likeness (QED) is 0.249. The second-order valence-electron chi connectivity index (χ2n) is 3.76. The molecule has 0 saturated carbocycles. The first-order valence-electron chi connectivity index (χ1n) is 5.57. The highest BCUT2D eigenvalue weighted by atomic mass is 32.1. The fourth-order valence-electron chi connectivity index (χ4n) is 1.33. The van der Waals surface area contributed by atoms with Gasteiger partial charge in [0.1, 0.15) is 5.75 Å². The van der Waals surface area contributed by atoms with Gasteiger partial charge in [-0.2, -0.15) is 5.10 Å². The van der Waals surface area contributed by atoms with Crippen LogP contribution in [0.25, 0.3) is 0 Å². The van der Waals surface area contributed by atoms with Gasteiger partial charge in [-0.25, -0.2) is 0 Å². The van der Waals surface area contributed by atoms with E-state index in [1.807, 2.05) is 0 Å². The lowest BCUT2D eigenvalue weighted by Crippen LogP contribution is -2.24. The van der Waals surface area contributed by atoms with Crippen LogP contribution in [-0.4, -0.2) is 23.2 Å². The summed E-state index contributed by atoms with van der Waals surface area (Å²) >= 11 is 4.60. The van der Waals surface area contributed by atoms with Gasteiger partial charge < -0.3 is 15.8 Å². The van der Waals surface area contributed by atoms with Crippen LogP contribution in [0, 0.1) is 0 Å². The Kier molecular flexibility index (Phi) is 5.60. The van der Waals surface area contributed by atoms with Crippen molar-refractivity contribution in [2.75, 3.05) is 5.32 Å². The normalized spacial score (nSPS) is 10.1. The van der Waals surface area contributed by atoms with Crippen LogP contribution in [0.2, 0.25) is 0 Å². The lowest BCUT2D eigenvalue weighted by Gasteiger charge is -2.08. The van der Waals surface area contributed by atoms with E-state index in [0.717, 1.165) is 0 Å². The van der Waals surface area contributed by atoms with Crippen LogP contribution < -0.4 is 21.2 Å². The molecule has 0 unspecified atom stereocenters. The van der Waals surface area contributed by atoms with E-state index in [2.05, 4.69) is 28.1 Å². The number of nitrogens with one attached hydrogen (secondary N) is 2. The third kappa shape index (κ3) is 5.44. The highest BCUT2D eigenvalue weighted by Crippen LogP contribution is 2.22. The number of nitrogens with zero attached hydrogens (tertiary/aromatic N) is 1. The molecule has 0 atom stereocenters. The maximum Gasteiger partial charge on any atom is 0.308 e. The number of rotatable bonds is 4. The number of amides is 1. The summed E-state index contributed by atoms with van der Waals surface area (Å²) in [5.41, 5.74) is 8.65. The van der Waals surface area contributed by atoms with E-state index < -0.39 is 5.97 Å². The number of esters is 1. The number of anilines is 1. The van der Waals surface area contributed by atoms with Crippen molar-refractivity contribution in [3.63, 3.8) is 0 Å². The van der Waals surface area contributed by atoms with Crippen molar-refractivity contribution in [2.24, 2.45) is 10.8 Å². The number of ether oxygens (including phenoxy) is 1. The zero-order chi connectivity index (χ0) is 15.1. The van der Waals surface area contributed by atoms with Crippen molar-refractivity contribution < 1.29 is 14.3 Å². The molecule has 8 heteroatoms. The van der Waals surface area contributed by atoms with Gasteiger partial charge in [0.25, 0.3) is 0 Å². The van der Waals surface area contributed by atoms with Crippen molar-refractivity contribution in [1.29, 1.82) is 0 Å². The molecule has 0 spiro atoms. The molecule has 0 bridgehead atoms. The summed E-state index contributed by atoms with van der Waals surface area (Å²) in [7, 11) is 0. The van der Waals surface area contributed by atoms with Crippen molar-refractivity contribution in [3.8, 4) is 5.75 Å². The van der Waals surface area contributed by atoms with Gasteiger partial charge in [0.05, 0.1) is 6.21 Å². The van der Waals surface area contributed by atoms with Crippen molar-refractivity contribution in [2.45, 2.75) is 13.8 Å². The number of hydrazone groups is 1. The Labute approximate surface area is 121 Å². The standard InChI is InChI=1S/C12H14N4O3S/c1-7(17)15-10-4-3-9(6-14-16-12(13)20)11(5-10)19-8(2)18/h3-6H,1-2H3,(H,15,17)(H3,13,16,20). The first-order valence-corrected chi connectivity index (χ1v) is 5.98. The molecule has 1 rings (SSSR count). The van der Waals surface area contributed by atoms with Gasteiger partial charge >= 0.3 is 5.97 Å². The maximum atomic E-state index is 11.1. The summed E-state index contributed by atoms with van der Waals surface area (Å²) < 4.78 is 5.05. The smallest absolute Gasteiger partial charge is 0.308 e. The molecule has 0 saturated heterocycles. The first-order chi connectivity index (χ1) is 9.38. The topological polar surface area (TPSA) is 106 Å². The summed E-state index contributed by atoms with van der Waals surface area (Å²) in [6.07, 6.45) is 1.40. The third-order valence-corrected chi connectivity index (χ3v) is 2.06. The summed E-state index contributed by atoms with van der Waals surface area (Å²) in [5, 5.41) is 6.39. The van der Waals surface area contributed by atoms with Gasteiger partial charge in [-0.15, -0.1) is 0 Å². The Morgan fingerprint density at radius 1 is 1.40 bits per heavy atom. The molecule has 4 N–H and O–H groups in total. The monoisotopic (exact) mass is 294 g/mol. The summed E-state index contributed by atoms with van der Waals surface area (Å²) in [5.74, 6) is -0.450. The average Bonchev–Trinajstić information content (AvgIpc) is 2.29. The van der Waals surface area contributed by atoms with Crippen LogP contribution in [0.3, 0.4) is 0 Å². The molecule has 0 fully saturated rings. The summed E-state index contributed by atoms with van der Waals surface area (Å²) in [6, 6.07) is 4.80. The van der Waals surface area contributed by atoms with Crippen molar-refractivity contribution in [3.05, 3.63) is 23.8 Å². The Morgan fingerprint density at radius 3 is 2.65 bits per heavy atom. The molecular formula is C12H14N4O3S. The minimum Gasteiger partial charge on any atom is -0.426 e. The number of carbonyl (C=O) groups excluding carboxylic acids is 2. The lowest BCUT2D eigenvalue weighted by atomic mass is 10.2. The second kappa shape index (κ2) is 7.19. The average molecular weight is 294 g/mol. The van der Waals surface area contributed by atoms with E-state index in [0.29, 0.717) is 11.3 Å². The van der Waals surface area contributed by atoms with E-state index in [1.54, 1.807) is 12.1 Å². The van der Waals surface area contributed by atoms with Crippen LogP contribution >= 0.6 is 12.2 Å². The number of nitrogens with two attached hydrogens (primary N) is 1. The fraction of sp³-hybridized carbons (Fsp3) is 0.167. The minimum atomic E-state index is -0.484. The molecule has 7 nitrogen and oxygen atoms in total. The number of carbonyl (C=O) groups is 2. The van der Waals surface area contributed by atoms with Crippen LogP contribution in [0.5, 0.6) is 5.75 Å². The molecule has 0 radical (unpaired) electrons. The van der Waals surface area contributed by atoms with Gasteiger partial charge in [0.15, 0.2) is 5.11 Å². The van der Waals surface area contributed by atoms with Gasteiger partial charge in [-0.1, -0.05) is 0 Å². The van der Waals surface area contributed by atoms with Crippen LogP contribution in [-0.2, 0) is 9.59 Å². The molecule has 1 aromatic rings. The number of hydrogen-bond acceptors (Lipinski definition) is 5. The van der Waals surface area contributed by atoms with E-state index in [4.69, 9.17) is 10.5 Å². The van der Waals surface area contributed by atoms with E-state index in [9.17, 15) is 9.59 Å². The van der Waals surface area contributed by atoms with E-state index in [-0.39, 0.29) is 16.8 Å². The Hall–Kier alpha value is -2.48. The van der Waals surface area contributed by atoms with Crippen molar-refractivity contribution in [1.82, 2.24) is 5.43 Å². The predicted octanol–water partition coefficient (Wildman–Crippen LogP) is 0.737. The predicted molar refractivity (Wildman–Crippen MR) is 79.6 cm³/mol. The molecule has 0 aliphatic heterocycles. The molecule has 0 heterocycles. The van der Waals surface area contributed by atoms with E-state index >= 15 is 0 Å². The van der Waals surface area contributed by atoms with Gasteiger partial charge in [-0.05, 0) is 24.4 Å². The largest absolute Gasteiger partial charge is 0.426 e. The Balaban J connectivity index is 3.02. The zero-order valence-corrected chi connectivity index (χ0v) is 11.8. The highest BCUT2D eigenvalue weighted by molar-refractivity contribution is 7.80. The Morgan fingerprint density at radius 2 is 2.10 bits per heavy atom. The Bertz CT molecular complexity index is 572. The van der Waals surface area contributed by atoms with Gasteiger partial charge in [0, 0.05) is 31.2 Å². The number of thiocarbonyl (C=S) groups is 1. The highest BCUT2D eigenvalue weighted by Gasteiger charge is 2.07. The van der Waals surface area contributed by atoms with Crippen LogP contribution in [0.1, 0.15) is 19.4 Å². The second-order valence-corrected chi connectivity index (χ2v) is 4.20. The van der Waals surface area contributed by atoms with Gasteiger partial charge in [0.2, 0.25) is 5.91 Å². The van der Waals surface area contributed by atoms with E-state index in [1.165, 1.54) is 26.1 Å². The maximum absolute atomic E-state index is 11.1. The molecule has 1 amide bonds. The van der Waals surface area contributed by atoms with Gasteiger partial charge in [-0.3, -0.25) is 15.0 Å². The van der Waals surface area contributed by atoms with Crippen molar-refractivity contribution >= 4 is 41.1 Å². The first kappa shape index (κ1) is 15.6.